The molecule has 4 N–H and O–H groups in total. The van der Waals surface area contributed by atoms with Crippen LogP contribution in [0.2, 0.25) is 0 Å². The molecule has 0 bridgehead atoms. The number of rotatable bonds is 12. The zero-order valence-corrected chi connectivity index (χ0v) is 23.1. The molecule has 40 heavy (non-hydrogen) atoms. The molecule has 10 nitrogen and oxygen atoms in total. The van der Waals surface area contributed by atoms with Crippen molar-refractivity contribution in [2.75, 3.05) is 25.1 Å². The van der Waals surface area contributed by atoms with Gasteiger partial charge >= 0.3 is 0 Å². The van der Waals surface area contributed by atoms with Crippen molar-refractivity contribution < 1.29 is 19.1 Å². The summed E-state index contributed by atoms with van der Waals surface area (Å²) in [7, 11) is 1.59. The quantitative estimate of drug-likeness (QED) is 0.320. The number of methoxy groups -OCH3 is 1. The van der Waals surface area contributed by atoms with Gasteiger partial charge in [0.05, 0.1) is 25.5 Å². The molecule has 10 heteroatoms. The number of carbonyl (C=O) groups excluding carboxylic acids is 3. The van der Waals surface area contributed by atoms with Gasteiger partial charge in [-0.1, -0.05) is 37.3 Å². The zero-order valence-electron chi connectivity index (χ0n) is 23.1. The van der Waals surface area contributed by atoms with E-state index in [1.54, 1.807) is 18.2 Å². The third-order valence-electron chi connectivity index (χ3n) is 7.15. The predicted molar refractivity (Wildman–Crippen MR) is 153 cm³/mol. The topological polar surface area (TPSA) is 134 Å². The number of hydrogen-bond donors (Lipinski definition) is 3. The van der Waals surface area contributed by atoms with E-state index in [9.17, 15) is 14.4 Å². The van der Waals surface area contributed by atoms with Crippen LogP contribution in [-0.2, 0) is 27.2 Å². The number of ether oxygens (including phenoxy) is 1. The molecule has 3 amide bonds. The van der Waals surface area contributed by atoms with E-state index >= 15 is 0 Å². The van der Waals surface area contributed by atoms with Gasteiger partial charge in [-0.3, -0.25) is 14.4 Å². The standard InChI is InChI=1S/C30H38N6O4/c1-3-7-28(37)36(23-8-5-4-6-9-23)24-14-15-35(19-24)30(39)27(16-21-10-12-25(40-2)13-11-21)34-29(38)26(31)17-22-18-32-20-33-22/h4-6,8-13,18,20,24,26-27H,3,7,14-17,19,31H2,1-2H3,(H,32,33)(H,34,38)/t24-,26-,27+/m0/s1. The van der Waals surface area contributed by atoms with Crippen molar-refractivity contribution >= 4 is 23.4 Å². The number of likely N-dealkylation sites (tertiary alicyclic amines) is 1. The average Bonchev–Trinajstić information content (AvgIpc) is 3.66. The van der Waals surface area contributed by atoms with Crippen molar-refractivity contribution in [3.8, 4) is 5.75 Å². The monoisotopic (exact) mass is 546 g/mol. The second-order valence-electron chi connectivity index (χ2n) is 10.1. The van der Waals surface area contributed by atoms with Crippen molar-refractivity contribution in [3.05, 3.63) is 78.4 Å². The summed E-state index contributed by atoms with van der Waals surface area (Å²) in [6.45, 7) is 2.86. The van der Waals surface area contributed by atoms with E-state index < -0.39 is 18.0 Å². The second kappa shape index (κ2) is 13.7. The number of H-pyrrole nitrogens is 1. The number of aromatic nitrogens is 2. The fourth-order valence-electron chi connectivity index (χ4n) is 5.06. The van der Waals surface area contributed by atoms with Gasteiger partial charge in [0.25, 0.3) is 0 Å². The highest BCUT2D eigenvalue weighted by Gasteiger charge is 2.36. The Kier molecular flexibility index (Phi) is 9.91. The Labute approximate surface area is 234 Å². The minimum atomic E-state index is -0.849. The van der Waals surface area contributed by atoms with Crippen LogP contribution in [0.15, 0.2) is 67.1 Å². The smallest absolute Gasteiger partial charge is 0.245 e. The molecule has 2 heterocycles. The number of nitrogens with zero attached hydrogens (tertiary/aromatic N) is 3. The summed E-state index contributed by atoms with van der Waals surface area (Å²) >= 11 is 0. The van der Waals surface area contributed by atoms with Crippen molar-refractivity contribution in [2.45, 2.75) is 57.2 Å². The van der Waals surface area contributed by atoms with Crippen LogP contribution in [0.25, 0.3) is 0 Å². The van der Waals surface area contributed by atoms with E-state index in [1.165, 1.54) is 6.33 Å². The molecule has 1 aliphatic rings. The lowest BCUT2D eigenvalue weighted by molar-refractivity contribution is -0.136. The van der Waals surface area contributed by atoms with Gasteiger partial charge in [0, 0.05) is 49.9 Å². The molecule has 1 saturated heterocycles. The van der Waals surface area contributed by atoms with E-state index in [2.05, 4.69) is 15.3 Å². The van der Waals surface area contributed by atoms with Crippen molar-refractivity contribution in [1.29, 1.82) is 0 Å². The van der Waals surface area contributed by atoms with Crippen molar-refractivity contribution in [3.63, 3.8) is 0 Å². The lowest BCUT2D eigenvalue weighted by Gasteiger charge is -2.30. The molecule has 3 atom stereocenters. The molecule has 3 aromatic rings. The minimum Gasteiger partial charge on any atom is -0.497 e. The van der Waals surface area contributed by atoms with Crippen LogP contribution in [0.4, 0.5) is 5.69 Å². The summed E-state index contributed by atoms with van der Waals surface area (Å²) in [5.41, 5.74) is 8.62. The van der Waals surface area contributed by atoms with E-state index in [4.69, 9.17) is 10.5 Å². The van der Waals surface area contributed by atoms with Gasteiger partial charge in [-0.05, 0) is 42.7 Å². The van der Waals surface area contributed by atoms with Crippen LogP contribution < -0.4 is 20.7 Å². The SMILES string of the molecule is CCCC(=O)N(c1ccccc1)[C@H]1CCN(C(=O)[C@@H](Cc2ccc(OC)cc2)NC(=O)[C@@H](N)Cc2cnc[nH]2)C1. The molecule has 0 aliphatic carbocycles. The van der Waals surface area contributed by atoms with Gasteiger partial charge in [-0.25, -0.2) is 4.98 Å². The molecule has 0 unspecified atom stereocenters. The summed E-state index contributed by atoms with van der Waals surface area (Å²) < 4.78 is 5.25. The Balaban J connectivity index is 1.50. The third-order valence-corrected chi connectivity index (χ3v) is 7.15. The Morgan fingerprint density at radius 1 is 1.15 bits per heavy atom. The van der Waals surface area contributed by atoms with Crippen molar-refractivity contribution in [2.24, 2.45) is 5.73 Å². The lowest BCUT2D eigenvalue weighted by atomic mass is 10.0. The third kappa shape index (κ3) is 7.26. The minimum absolute atomic E-state index is 0.0425. The van der Waals surface area contributed by atoms with Crippen LogP contribution in [0.3, 0.4) is 0 Å². The molecule has 212 valence electrons. The fourth-order valence-corrected chi connectivity index (χ4v) is 5.06. The first-order chi connectivity index (χ1) is 19.4. The number of hydrogen-bond acceptors (Lipinski definition) is 6. The predicted octanol–water partition coefficient (Wildman–Crippen LogP) is 2.45. The first-order valence-electron chi connectivity index (χ1n) is 13.7. The van der Waals surface area contributed by atoms with Crippen LogP contribution >= 0.6 is 0 Å². The molecular formula is C30H38N6O4. The Bertz CT molecular complexity index is 1250. The van der Waals surface area contributed by atoms with Gasteiger partial charge in [0.2, 0.25) is 17.7 Å². The largest absolute Gasteiger partial charge is 0.497 e. The lowest BCUT2D eigenvalue weighted by Crippen LogP contribution is -2.54. The van der Waals surface area contributed by atoms with E-state index in [-0.39, 0.29) is 24.3 Å². The number of nitrogens with two attached hydrogens (primary N) is 1. The molecule has 1 aliphatic heterocycles. The fraction of sp³-hybridized carbons (Fsp3) is 0.400. The maximum Gasteiger partial charge on any atom is 0.245 e. The van der Waals surface area contributed by atoms with Crippen LogP contribution in [0.5, 0.6) is 5.75 Å². The Morgan fingerprint density at radius 2 is 1.90 bits per heavy atom. The molecule has 1 fully saturated rings. The Morgan fingerprint density at radius 3 is 2.55 bits per heavy atom. The summed E-state index contributed by atoms with van der Waals surface area (Å²) in [6, 6.07) is 15.2. The maximum absolute atomic E-state index is 13.9. The first-order valence-corrected chi connectivity index (χ1v) is 13.7. The summed E-state index contributed by atoms with van der Waals surface area (Å²) in [5, 5.41) is 2.90. The molecular weight excluding hydrogens is 508 g/mol. The maximum atomic E-state index is 13.9. The molecule has 0 radical (unpaired) electrons. The van der Waals surface area contributed by atoms with Crippen LogP contribution in [0, 0.1) is 0 Å². The van der Waals surface area contributed by atoms with E-state index in [1.807, 2.05) is 66.4 Å². The zero-order chi connectivity index (χ0) is 28.5. The van der Waals surface area contributed by atoms with Gasteiger partial charge in [-0.15, -0.1) is 0 Å². The number of nitrogens with one attached hydrogen (secondary N) is 2. The number of carbonyl (C=O) groups is 3. The molecule has 0 spiro atoms. The summed E-state index contributed by atoms with van der Waals surface area (Å²) in [6.07, 6.45) is 5.55. The second-order valence-corrected chi connectivity index (χ2v) is 10.1. The van der Waals surface area contributed by atoms with Crippen LogP contribution in [0.1, 0.15) is 37.4 Å². The summed E-state index contributed by atoms with van der Waals surface area (Å²) in [5.74, 6) is 0.135. The van der Waals surface area contributed by atoms with Crippen molar-refractivity contribution in [1.82, 2.24) is 20.2 Å². The number of anilines is 1. The number of benzene rings is 2. The number of para-hydroxylation sites is 1. The van der Waals surface area contributed by atoms with Gasteiger partial charge in [0.15, 0.2) is 0 Å². The number of aromatic amines is 1. The van der Waals surface area contributed by atoms with Gasteiger partial charge < -0.3 is 30.6 Å². The Hall–Kier alpha value is -4.18. The first kappa shape index (κ1) is 28.8. The average molecular weight is 547 g/mol. The summed E-state index contributed by atoms with van der Waals surface area (Å²) in [4.78, 5) is 50.6. The number of imidazole rings is 1. The highest BCUT2D eigenvalue weighted by molar-refractivity contribution is 5.94. The molecule has 2 aromatic carbocycles. The molecule has 1 aromatic heterocycles. The molecule has 0 saturated carbocycles. The highest BCUT2D eigenvalue weighted by Crippen LogP contribution is 2.25. The van der Waals surface area contributed by atoms with Crippen LogP contribution in [-0.4, -0.2) is 70.9 Å². The normalized spacial score (nSPS) is 16.3. The van der Waals surface area contributed by atoms with Gasteiger partial charge in [-0.2, -0.15) is 0 Å². The van der Waals surface area contributed by atoms with E-state index in [0.29, 0.717) is 38.1 Å². The van der Waals surface area contributed by atoms with Gasteiger partial charge in [0.1, 0.15) is 11.8 Å². The van der Waals surface area contributed by atoms with E-state index in [0.717, 1.165) is 23.4 Å². The molecule has 4 rings (SSSR count). The highest BCUT2D eigenvalue weighted by atomic mass is 16.5. The number of amides is 3.